The normalized spacial score (nSPS) is 44.3. The topological polar surface area (TPSA) is 150 Å². The first-order chi connectivity index (χ1) is 20.8. The fraction of sp³-hybridized carbons (Fsp3) is 0.909. The lowest BCUT2D eigenvalue weighted by Crippen LogP contribution is -2.61. The van der Waals surface area contributed by atoms with Gasteiger partial charge in [0.1, 0.15) is 17.5 Å². The van der Waals surface area contributed by atoms with Gasteiger partial charge < -0.3 is 43.5 Å². The summed E-state index contributed by atoms with van der Waals surface area (Å²) in [7, 11) is 6.69. The quantitative estimate of drug-likeness (QED) is 0.392. The van der Waals surface area contributed by atoms with Gasteiger partial charge in [-0.05, 0) is 61.1 Å². The van der Waals surface area contributed by atoms with E-state index in [1.54, 1.807) is 41.5 Å². The third-order valence-corrected chi connectivity index (χ3v) is 10.0. The van der Waals surface area contributed by atoms with Crippen molar-refractivity contribution in [2.75, 3.05) is 28.3 Å². The van der Waals surface area contributed by atoms with Crippen molar-refractivity contribution in [1.29, 1.82) is 0 Å². The summed E-state index contributed by atoms with van der Waals surface area (Å²) in [5, 5.41) is 23.3. The van der Waals surface area contributed by atoms with Crippen LogP contribution in [0.3, 0.4) is 0 Å². The molecule has 0 aromatic rings. The fourth-order valence-electron chi connectivity index (χ4n) is 7.32. The maximum Gasteiger partial charge on any atom is 0.311 e. The van der Waals surface area contributed by atoms with E-state index >= 15 is 0 Å². The molecular formula is C33H59NO11. The number of methoxy groups -OCH3 is 2. The number of rotatable bonds is 7. The smallest absolute Gasteiger partial charge is 0.311 e. The zero-order valence-electron chi connectivity index (χ0n) is 29.6. The number of hydrogen-bond acceptors (Lipinski definition) is 12. The average molecular weight is 646 g/mol. The predicted octanol–water partition coefficient (Wildman–Crippen LogP) is 2.74. The number of cyclic esters (lactones) is 1. The van der Waals surface area contributed by atoms with Gasteiger partial charge in [0.25, 0.3) is 0 Å². The highest BCUT2D eigenvalue weighted by molar-refractivity contribution is 5.83. The molecule has 45 heavy (non-hydrogen) atoms. The van der Waals surface area contributed by atoms with Crippen LogP contribution in [0.25, 0.3) is 0 Å². The summed E-state index contributed by atoms with van der Waals surface area (Å²) in [4.78, 5) is 41.6. The molecular weight excluding hydrogens is 586 g/mol. The number of ketones is 1. The van der Waals surface area contributed by atoms with Crippen LogP contribution in [0.5, 0.6) is 0 Å². The number of esters is 2. The second-order valence-corrected chi connectivity index (χ2v) is 13.9. The maximum atomic E-state index is 13.9. The number of nitrogens with zero attached hydrogens (tertiary/aromatic N) is 1. The molecule has 12 nitrogen and oxygen atoms in total. The average Bonchev–Trinajstić information content (AvgIpc) is 2.96. The predicted molar refractivity (Wildman–Crippen MR) is 166 cm³/mol. The van der Waals surface area contributed by atoms with E-state index in [4.69, 9.17) is 28.4 Å². The van der Waals surface area contributed by atoms with Crippen LogP contribution in [-0.4, -0.2) is 121 Å². The van der Waals surface area contributed by atoms with Crippen LogP contribution in [0.2, 0.25) is 0 Å². The number of aliphatic hydroxyl groups is 2. The second-order valence-electron chi connectivity index (χ2n) is 13.9. The molecule has 0 amide bonds. The van der Waals surface area contributed by atoms with E-state index < -0.39 is 83.6 Å². The van der Waals surface area contributed by atoms with Crippen LogP contribution in [0.4, 0.5) is 0 Å². The molecule has 0 aromatic heterocycles. The monoisotopic (exact) mass is 645 g/mol. The summed E-state index contributed by atoms with van der Waals surface area (Å²) in [5.74, 6) is -4.55. The molecule has 0 bridgehead atoms. The van der Waals surface area contributed by atoms with Gasteiger partial charge in [0, 0.05) is 38.9 Å². The molecule has 2 N–H and O–H groups in total. The Morgan fingerprint density at radius 2 is 1.64 bits per heavy atom. The van der Waals surface area contributed by atoms with E-state index in [0.717, 1.165) is 0 Å². The number of carbonyl (C=O) groups excluding carboxylic acids is 3. The van der Waals surface area contributed by atoms with Crippen LogP contribution in [0, 0.1) is 23.7 Å². The maximum absolute atomic E-state index is 13.9. The Morgan fingerprint density at radius 3 is 2.13 bits per heavy atom. The molecule has 0 saturated carbocycles. The Morgan fingerprint density at radius 1 is 1.04 bits per heavy atom. The molecule has 12 heteroatoms. The van der Waals surface area contributed by atoms with Crippen molar-refractivity contribution >= 4 is 17.7 Å². The number of carbonyl (C=O) groups is 3. The Hall–Kier alpha value is -1.67. The molecule has 0 aliphatic carbocycles. The summed E-state index contributed by atoms with van der Waals surface area (Å²) in [6.45, 7) is 15.1. The van der Waals surface area contributed by atoms with Crippen LogP contribution in [0.1, 0.15) is 81.6 Å². The third-order valence-electron chi connectivity index (χ3n) is 10.0. The summed E-state index contributed by atoms with van der Waals surface area (Å²) < 4.78 is 36.3. The molecule has 14 atom stereocenters. The number of hydrogen-bond donors (Lipinski definition) is 2. The van der Waals surface area contributed by atoms with E-state index in [-0.39, 0.29) is 30.8 Å². The lowest BCUT2D eigenvalue weighted by atomic mass is 9.74. The standard InChI is InChI=1S/C33H59NO11/c1-14-24-33(9,39)29(40-12)19(4)25(36)17(2)16-32(8,41-13)28(20(5)26(37)21(6)30(38)44-24)45-31-27(43-22(7)35)23(34(10)11)15-18(3)42-31/h17-21,23-24,26-29,31,37,39H,14-16H2,1-13H3/t17-,18-,19+,20+,21-,23+,24-,26+,27-,28-,29-,31+,32-,33-/m1/s1. The third kappa shape index (κ3) is 8.82. The first-order valence-corrected chi connectivity index (χ1v) is 16.1. The molecule has 2 heterocycles. The SMILES string of the molecule is CC[C@H]1OC(=O)[C@H](C)[C@@H](O)[C@H](C)[C@@H](O[C@@H]2O[C@H](C)C[C@H](N(C)C)[C@H]2OC(C)=O)[C@](C)(OC)C[C@@H](C)C(=O)[C@H](C)[C@@H](OC)[C@]1(C)O. The second kappa shape index (κ2) is 16.0. The van der Waals surface area contributed by atoms with Crippen molar-refractivity contribution in [2.24, 2.45) is 23.7 Å². The van der Waals surface area contributed by atoms with Gasteiger partial charge in [0.15, 0.2) is 12.4 Å². The highest BCUT2D eigenvalue weighted by Gasteiger charge is 2.52. The van der Waals surface area contributed by atoms with Gasteiger partial charge in [-0.15, -0.1) is 0 Å². The lowest BCUT2D eigenvalue weighted by molar-refractivity contribution is -0.303. The van der Waals surface area contributed by atoms with Crippen LogP contribution < -0.4 is 0 Å². The summed E-state index contributed by atoms with van der Waals surface area (Å²) in [6.07, 6.45) is -5.31. The largest absolute Gasteiger partial charge is 0.459 e. The summed E-state index contributed by atoms with van der Waals surface area (Å²) in [5.41, 5.74) is -2.90. The molecule has 0 spiro atoms. The Balaban J connectivity index is 2.69. The summed E-state index contributed by atoms with van der Waals surface area (Å²) in [6, 6.07) is -0.227. The Labute approximate surface area is 269 Å². The number of aliphatic hydroxyl groups excluding tert-OH is 1. The van der Waals surface area contributed by atoms with Gasteiger partial charge in [-0.3, -0.25) is 14.4 Å². The Bertz CT molecular complexity index is 1010. The van der Waals surface area contributed by atoms with Gasteiger partial charge in [0.2, 0.25) is 0 Å². The number of likely N-dealkylation sites (N-methyl/N-ethyl adjacent to an activating group) is 1. The lowest BCUT2D eigenvalue weighted by Gasteiger charge is -2.48. The van der Waals surface area contributed by atoms with Crippen LogP contribution >= 0.6 is 0 Å². The molecule has 2 saturated heterocycles. The highest BCUT2D eigenvalue weighted by Crippen LogP contribution is 2.40. The minimum atomic E-state index is -1.70. The molecule has 0 radical (unpaired) electrons. The van der Waals surface area contributed by atoms with Crippen molar-refractivity contribution in [3.05, 3.63) is 0 Å². The van der Waals surface area contributed by atoms with Crippen LogP contribution in [0.15, 0.2) is 0 Å². The van der Waals surface area contributed by atoms with Crippen molar-refractivity contribution in [3.63, 3.8) is 0 Å². The molecule has 2 aliphatic rings. The minimum Gasteiger partial charge on any atom is -0.459 e. The number of ether oxygens (including phenoxy) is 6. The van der Waals surface area contributed by atoms with Crippen molar-refractivity contribution in [2.45, 2.75) is 142 Å². The van der Waals surface area contributed by atoms with Gasteiger partial charge in [-0.2, -0.15) is 0 Å². The van der Waals surface area contributed by atoms with E-state index in [1.807, 2.05) is 25.9 Å². The molecule has 0 aromatic carbocycles. The van der Waals surface area contributed by atoms with E-state index in [2.05, 4.69) is 0 Å². The van der Waals surface area contributed by atoms with Crippen LogP contribution in [-0.2, 0) is 42.8 Å². The van der Waals surface area contributed by atoms with Crippen molar-refractivity contribution in [1.82, 2.24) is 4.90 Å². The van der Waals surface area contributed by atoms with E-state index in [0.29, 0.717) is 6.42 Å². The minimum absolute atomic E-state index is 0.167. The van der Waals surface area contributed by atoms with Gasteiger partial charge in [-0.25, -0.2) is 0 Å². The zero-order valence-corrected chi connectivity index (χ0v) is 29.6. The Kier molecular flexibility index (Phi) is 14.0. The fourth-order valence-corrected chi connectivity index (χ4v) is 7.32. The zero-order chi connectivity index (χ0) is 34.6. The van der Waals surface area contributed by atoms with Gasteiger partial charge in [-0.1, -0.05) is 27.7 Å². The first kappa shape index (κ1) is 39.5. The first-order valence-electron chi connectivity index (χ1n) is 16.1. The molecule has 2 aliphatic heterocycles. The molecule has 2 rings (SSSR count). The number of Topliss-reactive ketones (excluding diaryl/α,β-unsaturated/α-hetero) is 1. The van der Waals surface area contributed by atoms with Gasteiger partial charge >= 0.3 is 11.9 Å². The molecule has 2 fully saturated rings. The van der Waals surface area contributed by atoms with Gasteiger partial charge in [0.05, 0.1) is 42.0 Å². The molecule has 0 unspecified atom stereocenters. The summed E-state index contributed by atoms with van der Waals surface area (Å²) >= 11 is 0. The van der Waals surface area contributed by atoms with Crippen molar-refractivity contribution in [3.8, 4) is 0 Å². The van der Waals surface area contributed by atoms with Crippen molar-refractivity contribution < 1.29 is 53.0 Å². The molecule has 262 valence electrons. The van der Waals surface area contributed by atoms with E-state index in [1.165, 1.54) is 28.1 Å². The van der Waals surface area contributed by atoms with E-state index in [9.17, 15) is 24.6 Å². The highest BCUT2D eigenvalue weighted by atomic mass is 16.7.